The molecule has 0 fully saturated rings. The van der Waals surface area contributed by atoms with Crippen molar-refractivity contribution in [2.45, 2.75) is 6.61 Å². The van der Waals surface area contributed by atoms with Crippen molar-refractivity contribution in [3.05, 3.63) is 70.6 Å². The van der Waals surface area contributed by atoms with E-state index in [4.69, 9.17) is 4.74 Å². The third kappa shape index (κ3) is 2.92. The summed E-state index contributed by atoms with van der Waals surface area (Å²) in [6.45, 7) is 0.449. The van der Waals surface area contributed by atoms with Crippen LogP contribution in [0.5, 0.6) is 5.75 Å². The van der Waals surface area contributed by atoms with E-state index in [0.717, 1.165) is 5.56 Å². The van der Waals surface area contributed by atoms with Crippen molar-refractivity contribution in [2.24, 2.45) is 0 Å². The molecule has 16 heavy (non-hydrogen) atoms. The Morgan fingerprint density at radius 2 is 1.88 bits per heavy atom. The molecular formula is C13H11NO2. The van der Waals surface area contributed by atoms with Crippen LogP contribution in [0, 0.1) is 0 Å². The van der Waals surface area contributed by atoms with Gasteiger partial charge in [-0.3, -0.25) is 4.79 Å². The topological polar surface area (TPSA) is 39.2 Å². The van der Waals surface area contributed by atoms with Crippen molar-refractivity contribution < 1.29 is 4.74 Å². The Morgan fingerprint density at radius 3 is 2.69 bits per heavy atom. The van der Waals surface area contributed by atoms with E-state index in [-0.39, 0.29) is 5.56 Å². The number of ether oxygens (including phenoxy) is 1. The maximum atomic E-state index is 11.1. The summed E-state index contributed by atoms with van der Waals surface area (Å²) in [6, 6.07) is 14.6. The van der Waals surface area contributed by atoms with Gasteiger partial charge in [0.05, 0.1) is 0 Å². The average molecular weight is 213 g/mol. The van der Waals surface area contributed by atoms with Gasteiger partial charge in [-0.25, -0.2) is 4.98 Å². The lowest BCUT2D eigenvalue weighted by atomic mass is 10.2. The molecule has 0 bridgehead atoms. The lowest BCUT2D eigenvalue weighted by Gasteiger charge is -2.03. The number of rotatable bonds is 3. The Bertz CT molecular complexity index is 511. The molecule has 0 aliphatic heterocycles. The second-order valence-electron chi connectivity index (χ2n) is 3.30. The number of aromatic nitrogens is 1. The standard InChI is InChI=1S/C13H11NO2/c15-13-9-12(7-4-8-14-13)16-10-11-5-2-1-3-6-11/h1-9H,10H2. The molecule has 0 amide bonds. The van der Waals surface area contributed by atoms with Crippen molar-refractivity contribution in [1.82, 2.24) is 4.98 Å². The van der Waals surface area contributed by atoms with Crippen LogP contribution >= 0.6 is 0 Å². The molecule has 0 aliphatic rings. The third-order valence-corrected chi connectivity index (χ3v) is 2.06. The van der Waals surface area contributed by atoms with E-state index in [2.05, 4.69) is 4.98 Å². The quantitative estimate of drug-likeness (QED) is 0.783. The first kappa shape index (κ1) is 10.4. The molecular weight excluding hydrogens is 202 g/mol. The summed E-state index contributed by atoms with van der Waals surface area (Å²) in [4.78, 5) is 14.7. The molecule has 0 aliphatic carbocycles. The van der Waals surface area contributed by atoms with Gasteiger partial charge in [0, 0.05) is 12.3 Å². The van der Waals surface area contributed by atoms with Crippen LogP contribution in [0.25, 0.3) is 0 Å². The van der Waals surface area contributed by atoms with Crippen LogP contribution in [0.4, 0.5) is 0 Å². The van der Waals surface area contributed by atoms with Crippen molar-refractivity contribution in [3.63, 3.8) is 0 Å². The Hall–Kier alpha value is -2.16. The fourth-order valence-electron chi connectivity index (χ4n) is 1.29. The molecule has 0 radical (unpaired) electrons. The summed E-state index contributed by atoms with van der Waals surface area (Å²) < 4.78 is 5.49. The van der Waals surface area contributed by atoms with Crippen LogP contribution in [-0.2, 0) is 6.61 Å². The maximum absolute atomic E-state index is 11.1. The summed E-state index contributed by atoms with van der Waals surface area (Å²) in [6.07, 6.45) is 1.46. The first-order valence-corrected chi connectivity index (χ1v) is 4.98. The van der Waals surface area contributed by atoms with Gasteiger partial charge in [-0.1, -0.05) is 30.3 Å². The molecule has 1 aromatic heterocycles. The number of benzene rings is 1. The van der Waals surface area contributed by atoms with Crippen LogP contribution in [0.2, 0.25) is 0 Å². The first-order valence-electron chi connectivity index (χ1n) is 4.98. The molecule has 3 nitrogen and oxygen atoms in total. The highest BCUT2D eigenvalue weighted by Crippen LogP contribution is 2.08. The molecule has 0 saturated heterocycles. The van der Waals surface area contributed by atoms with E-state index < -0.39 is 0 Å². The predicted octanol–water partition coefficient (Wildman–Crippen LogP) is 2.02. The summed E-state index contributed by atoms with van der Waals surface area (Å²) in [5.74, 6) is 0.534. The Balaban J connectivity index is 2.09. The van der Waals surface area contributed by atoms with Crippen molar-refractivity contribution in [2.75, 3.05) is 0 Å². The second-order valence-corrected chi connectivity index (χ2v) is 3.30. The Kier molecular flexibility index (Phi) is 3.28. The first-order chi connectivity index (χ1) is 7.84. The van der Waals surface area contributed by atoms with Gasteiger partial charge < -0.3 is 4.74 Å². The Labute approximate surface area is 93.4 Å². The van der Waals surface area contributed by atoms with E-state index in [1.807, 2.05) is 30.3 Å². The molecule has 0 N–H and O–H groups in total. The summed E-state index contributed by atoms with van der Waals surface area (Å²) in [7, 11) is 0. The monoisotopic (exact) mass is 213 g/mol. The largest absolute Gasteiger partial charge is 0.489 e. The second kappa shape index (κ2) is 5.07. The Morgan fingerprint density at radius 1 is 1.06 bits per heavy atom. The van der Waals surface area contributed by atoms with E-state index >= 15 is 0 Å². The van der Waals surface area contributed by atoms with Crippen LogP contribution < -0.4 is 10.3 Å². The van der Waals surface area contributed by atoms with E-state index in [1.165, 1.54) is 12.3 Å². The lowest BCUT2D eigenvalue weighted by molar-refractivity contribution is 0.306. The van der Waals surface area contributed by atoms with Gasteiger partial charge in [0.2, 0.25) is 0 Å². The minimum Gasteiger partial charge on any atom is -0.489 e. The summed E-state index contributed by atoms with van der Waals surface area (Å²) in [5.41, 5.74) is 0.766. The number of nitrogens with zero attached hydrogens (tertiary/aromatic N) is 1. The van der Waals surface area contributed by atoms with Gasteiger partial charge in [0.1, 0.15) is 12.4 Å². The average Bonchev–Trinajstić information content (AvgIpc) is 2.52. The molecule has 2 rings (SSSR count). The molecule has 0 atom stereocenters. The normalized spacial score (nSPS) is 9.75. The van der Waals surface area contributed by atoms with Crippen molar-refractivity contribution in [1.29, 1.82) is 0 Å². The third-order valence-electron chi connectivity index (χ3n) is 2.06. The fraction of sp³-hybridized carbons (Fsp3) is 0.0769. The smallest absolute Gasteiger partial charge is 0.273 e. The number of hydrogen-bond donors (Lipinski definition) is 0. The molecule has 0 unspecified atom stereocenters. The molecule has 3 heteroatoms. The van der Waals surface area contributed by atoms with Gasteiger partial charge in [0.25, 0.3) is 5.56 Å². The van der Waals surface area contributed by atoms with Crippen LogP contribution in [0.3, 0.4) is 0 Å². The van der Waals surface area contributed by atoms with E-state index in [1.54, 1.807) is 12.1 Å². The number of hydrogen-bond acceptors (Lipinski definition) is 3. The zero-order valence-corrected chi connectivity index (χ0v) is 8.67. The van der Waals surface area contributed by atoms with Crippen LogP contribution in [0.15, 0.2) is 59.5 Å². The predicted molar refractivity (Wildman–Crippen MR) is 61.3 cm³/mol. The molecule has 2 aromatic rings. The van der Waals surface area contributed by atoms with E-state index in [9.17, 15) is 4.79 Å². The SMILES string of the molecule is O=c1cc(OCc2ccccc2)cccn1. The van der Waals surface area contributed by atoms with Gasteiger partial charge >= 0.3 is 0 Å². The highest BCUT2D eigenvalue weighted by Gasteiger charge is 1.94. The van der Waals surface area contributed by atoms with E-state index in [0.29, 0.717) is 12.4 Å². The van der Waals surface area contributed by atoms with Crippen LogP contribution in [0.1, 0.15) is 5.56 Å². The maximum Gasteiger partial charge on any atom is 0.273 e. The minimum absolute atomic E-state index is 0.298. The molecule has 80 valence electrons. The van der Waals surface area contributed by atoms with Gasteiger partial charge in [-0.15, -0.1) is 0 Å². The molecule has 0 saturated carbocycles. The zero-order chi connectivity index (χ0) is 11.2. The highest BCUT2D eigenvalue weighted by molar-refractivity contribution is 5.19. The summed E-state index contributed by atoms with van der Waals surface area (Å²) >= 11 is 0. The summed E-state index contributed by atoms with van der Waals surface area (Å²) in [5, 5.41) is 0. The molecule has 1 heterocycles. The lowest BCUT2D eigenvalue weighted by Crippen LogP contribution is -2.00. The van der Waals surface area contributed by atoms with Gasteiger partial charge in [0.15, 0.2) is 0 Å². The zero-order valence-electron chi connectivity index (χ0n) is 8.67. The van der Waals surface area contributed by atoms with Crippen LogP contribution in [-0.4, -0.2) is 4.98 Å². The van der Waals surface area contributed by atoms with Gasteiger partial charge in [-0.05, 0) is 17.7 Å². The highest BCUT2D eigenvalue weighted by atomic mass is 16.5. The minimum atomic E-state index is -0.298. The molecule has 0 spiro atoms. The fourth-order valence-corrected chi connectivity index (χ4v) is 1.29. The van der Waals surface area contributed by atoms with Crippen molar-refractivity contribution >= 4 is 0 Å². The molecule has 1 aromatic carbocycles. The van der Waals surface area contributed by atoms with Crippen molar-refractivity contribution in [3.8, 4) is 5.75 Å². The van der Waals surface area contributed by atoms with Gasteiger partial charge in [-0.2, -0.15) is 0 Å².